The van der Waals surface area contributed by atoms with Crippen molar-refractivity contribution in [2.75, 3.05) is 0 Å². The van der Waals surface area contributed by atoms with Gasteiger partial charge < -0.3 is 0 Å². The predicted molar refractivity (Wildman–Crippen MR) is 62.6 cm³/mol. The predicted octanol–water partition coefficient (Wildman–Crippen LogP) is 3.74. The van der Waals surface area contributed by atoms with Crippen molar-refractivity contribution in [3.8, 4) is 0 Å². The van der Waals surface area contributed by atoms with E-state index in [0.29, 0.717) is 11.2 Å². The first-order valence-electron chi connectivity index (χ1n) is 6.20. The third-order valence-corrected chi connectivity index (χ3v) is 4.19. The molecule has 15 heavy (non-hydrogen) atoms. The van der Waals surface area contributed by atoms with Crippen molar-refractivity contribution in [1.82, 2.24) is 0 Å². The van der Waals surface area contributed by atoms with Gasteiger partial charge >= 0.3 is 0 Å². The minimum Gasteiger partial charge on any atom is -0.295 e. The van der Waals surface area contributed by atoms with E-state index in [0.717, 1.165) is 24.7 Å². The van der Waals surface area contributed by atoms with Crippen molar-refractivity contribution in [3.63, 3.8) is 0 Å². The van der Waals surface area contributed by atoms with E-state index in [1.165, 1.54) is 24.8 Å². The van der Waals surface area contributed by atoms with Crippen molar-refractivity contribution in [2.45, 2.75) is 52.9 Å². The van der Waals surface area contributed by atoms with E-state index in [4.69, 9.17) is 0 Å². The zero-order chi connectivity index (χ0) is 11.1. The minimum absolute atomic E-state index is 0.357. The average Bonchev–Trinajstić information content (AvgIpc) is 2.15. The first kappa shape index (κ1) is 10.9. The smallest absolute Gasteiger partial charge is 0.155 e. The molecular formula is C14H22O. The molecule has 2 aliphatic carbocycles. The Labute approximate surface area is 92.9 Å². The highest BCUT2D eigenvalue weighted by Gasteiger charge is 2.34. The average molecular weight is 206 g/mol. The maximum absolute atomic E-state index is 11.3. The summed E-state index contributed by atoms with van der Waals surface area (Å²) in [7, 11) is 0. The fourth-order valence-corrected chi connectivity index (χ4v) is 3.03. The molecule has 2 aliphatic rings. The first-order valence-corrected chi connectivity index (χ1v) is 6.20. The fraction of sp³-hybridized carbons (Fsp3) is 0.786. The van der Waals surface area contributed by atoms with Gasteiger partial charge in [0.1, 0.15) is 0 Å². The number of rotatable bonds is 0. The molecule has 0 heterocycles. The third kappa shape index (κ3) is 2.32. The van der Waals surface area contributed by atoms with Gasteiger partial charge in [0.15, 0.2) is 5.78 Å². The third-order valence-electron chi connectivity index (χ3n) is 4.19. The van der Waals surface area contributed by atoms with Crippen LogP contribution in [0.5, 0.6) is 0 Å². The molecule has 0 spiro atoms. The molecule has 2 atom stereocenters. The van der Waals surface area contributed by atoms with Gasteiger partial charge in [-0.05, 0) is 49.0 Å². The number of carbonyl (C=O) groups excluding carboxylic acids is 1. The Morgan fingerprint density at radius 2 is 1.93 bits per heavy atom. The van der Waals surface area contributed by atoms with Gasteiger partial charge in [-0.3, -0.25) is 4.79 Å². The van der Waals surface area contributed by atoms with Crippen LogP contribution in [0.25, 0.3) is 0 Å². The van der Waals surface area contributed by atoms with E-state index < -0.39 is 0 Å². The fourth-order valence-electron chi connectivity index (χ4n) is 3.03. The van der Waals surface area contributed by atoms with Crippen molar-refractivity contribution in [1.29, 1.82) is 0 Å². The highest BCUT2D eigenvalue weighted by atomic mass is 16.1. The number of carbonyl (C=O) groups is 1. The second-order valence-corrected chi connectivity index (χ2v) is 6.26. The molecule has 1 saturated carbocycles. The molecule has 0 unspecified atom stereocenters. The second kappa shape index (κ2) is 3.77. The van der Waals surface area contributed by atoms with E-state index in [-0.39, 0.29) is 0 Å². The van der Waals surface area contributed by atoms with Crippen LogP contribution in [0.2, 0.25) is 0 Å². The van der Waals surface area contributed by atoms with Crippen LogP contribution in [0.15, 0.2) is 11.6 Å². The second-order valence-electron chi connectivity index (χ2n) is 6.26. The van der Waals surface area contributed by atoms with Crippen molar-refractivity contribution >= 4 is 5.78 Å². The molecule has 2 rings (SSSR count). The Hall–Kier alpha value is -0.590. The maximum atomic E-state index is 11.3. The quantitative estimate of drug-likeness (QED) is 0.590. The number of hydrogen-bond donors (Lipinski definition) is 0. The Bertz CT molecular complexity index is 293. The number of allylic oxidation sites excluding steroid dienone is 2. The monoisotopic (exact) mass is 206 g/mol. The van der Waals surface area contributed by atoms with Crippen LogP contribution in [-0.2, 0) is 4.79 Å². The summed E-state index contributed by atoms with van der Waals surface area (Å²) in [6, 6.07) is 0. The summed E-state index contributed by atoms with van der Waals surface area (Å²) in [6.07, 6.45) is 7.58. The molecule has 0 bridgehead atoms. The largest absolute Gasteiger partial charge is 0.295 e. The molecule has 0 N–H and O–H groups in total. The van der Waals surface area contributed by atoms with Gasteiger partial charge in [0, 0.05) is 6.42 Å². The molecule has 0 amide bonds. The van der Waals surface area contributed by atoms with Gasteiger partial charge in [-0.15, -0.1) is 0 Å². The van der Waals surface area contributed by atoms with Crippen molar-refractivity contribution in [3.05, 3.63) is 11.6 Å². The topological polar surface area (TPSA) is 17.1 Å². The standard InChI is InChI=1S/C14H22O/c1-14(2,3)12-6-4-11-9-13(15)7-5-10(11)8-12/h9-10,12H,4-8H2,1-3H3/t10-,12-/m0/s1. The van der Waals surface area contributed by atoms with E-state index in [1.807, 2.05) is 6.08 Å². The zero-order valence-electron chi connectivity index (χ0n) is 10.2. The zero-order valence-corrected chi connectivity index (χ0v) is 10.2. The highest BCUT2D eigenvalue weighted by molar-refractivity contribution is 5.91. The van der Waals surface area contributed by atoms with Gasteiger partial charge in [-0.2, -0.15) is 0 Å². The summed E-state index contributed by atoms with van der Waals surface area (Å²) in [4.78, 5) is 11.3. The summed E-state index contributed by atoms with van der Waals surface area (Å²) in [5.74, 6) is 1.92. The highest BCUT2D eigenvalue weighted by Crippen LogP contribution is 2.45. The normalized spacial score (nSPS) is 32.2. The molecule has 0 aromatic carbocycles. The van der Waals surface area contributed by atoms with Crippen LogP contribution in [0.4, 0.5) is 0 Å². The minimum atomic E-state index is 0.357. The van der Waals surface area contributed by atoms with Crippen LogP contribution >= 0.6 is 0 Å². The number of fused-ring (bicyclic) bond motifs is 1. The lowest BCUT2D eigenvalue weighted by molar-refractivity contribution is -0.115. The summed E-state index contributed by atoms with van der Waals surface area (Å²) in [5, 5.41) is 0. The van der Waals surface area contributed by atoms with Crippen molar-refractivity contribution < 1.29 is 4.79 Å². The molecule has 0 aromatic heterocycles. The molecule has 0 aliphatic heterocycles. The lowest BCUT2D eigenvalue weighted by Crippen LogP contribution is -2.30. The van der Waals surface area contributed by atoms with Crippen molar-refractivity contribution in [2.24, 2.45) is 17.3 Å². The lowest BCUT2D eigenvalue weighted by Gasteiger charge is -2.40. The molecule has 0 radical (unpaired) electrons. The summed E-state index contributed by atoms with van der Waals surface area (Å²) in [5.41, 5.74) is 1.89. The summed E-state index contributed by atoms with van der Waals surface area (Å²) in [6.45, 7) is 7.04. The van der Waals surface area contributed by atoms with Gasteiger partial charge in [0.25, 0.3) is 0 Å². The molecule has 1 fully saturated rings. The lowest BCUT2D eigenvalue weighted by atomic mass is 9.65. The van der Waals surface area contributed by atoms with E-state index in [9.17, 15) is 4.79 Å². The SMILES string of the molecule is CC(C)(C)[C@H]1CCC2=CC(=O)CC[C@H]2C1. The molecule has 0 aromatic rings. The van der Waals surface area contributed by atoms with Gasteiger partial charge in [-0.25, -0.2) is 0 Å². The van der Waals surface area contributed by atoms with Gasteiger partial charge in [0.05, 0.1) is 0 Å². The Kier molecular flexibility index (Phi) is 2.74. The van der Waals surface area contributed by atoms with Crippen LogP contribution in [0.1, 0.15) is 52.9 Å². The molecule has 1 heteroatoms. The van der Waals surface area contributed by atoms with Crippen LogP contribution in [-0.4, -0.2) is 5.78 Å². The van der Waals surface area contributed by atoms with Crippen LogP contribution < -0.4 is 0 Å². The van der Waals surface area contributed by atoms with Crippen LogP contribution in [0.3, 0.4) is 0 Å². The van der Waals surface area contributed by atoms with Gasteiger partial charge in [-0.1, -0.05) is 26.3 Å². The van der Waals surface area contributed by atoms with E-state index >= 15 is 0 Å². The molecule has 84 valence electrons. The summed E-state index contributed by atoms with van der Waals surface area (Å²) < 4.78 is 0. The Morgan fingerprint density at radius 3 is 2.60 bits per heavy atom. The number of ketones is 1. The summed E-state index contributed by atoms with van der Waals surface area (Å²) >= 11 is 0. The van der Waals surface area contributed by atoms with E-state index in [2.05, 4.69) is 20.8 Å². The number of hydrogen-bond acceptors (Lipinski definition) is 1. The molecule has 0 saturated heterocycles. The first-order chi connectivity index (χ1) is 6.97. The Balaban J connectivity index is 2.08. The molecule has 1 nitrogen and oxygen atoms in total. The van der Waals surface area contributed by atoms with E-state index in [1.54, 1.807) is 0 Å². The molecular weight excluding hydrogens is 184 g/mol. The Morgan fingerprint density at radius 1 is 1.20 bits per heavy atom. The maximum Gasteiger partial charge on any atom is 0.155 e. The van der Waals surface area contributed by atoms with Gasteiger partial charge in [0.2, 0.25) is 0 Å². The van der Waals surface area contributed by atoms with Crippen LogP contribution in [0, 0.1) is 17.3 Å².